The van der Waals surface area contributed by atoms with Gasteiger partial charge in [0, 0.05) is 35.1 Å². The van der Waals surface area contributed by atoms with E-state index < -0.39 is 0 Å². The van der Waals surface area contributed by atoms with Crippen molar-refractivity contribution >= 4 is 23.1 Å². The van der Waals surface area contributed by atoms with E-state index in [9.17, 15) is 0 Å². The van der Waals surface area contributed by atoms with Gasteiger partial charge in [-0.2, -0.15) is 0 Å². The van der Waals surface area contributed by atoms with Crippen molar-refractivity contribution in [2.75, 3.05) is 24.2 Å². The zero-order valence-electron chi connectivity index (χ0n) is 11.0. The molecule has 2 aromatic carbocycles. The van der Waals surface area contributed by atoms with E-state index in [1.807, 2.05) is 30.0 Å². The first-order valence-corrected chi connectivity index (χ1v) is 7.41. The highest BCUT2D eigenvalue weighted by molar-refractivity contribution is 8.00. The summed E-state index contributed by atoms with van der Waals surface area (Å²) in [6, 6.07) is 16.8. The largest absolute Gasteiger partial charge is 0.399 e. The minimum atomic E-state index is 0.629. The van der Waals surface area contributed by atoms with Gasteiger partial charge in [-0.05, 0) is 36.2 Å². The first kappa shape index (κ1) is 12.4. The number of hydrogen-bond donors (Lipinski definition) is 1. The van der Waals surface area contributed by atoms with Gasteiger partial charge < -0.3 is 10.6 Å². The average molecular weight is 270 g/mol. The topological polar surface area (TPSA) is 29.3 Å². The molecule has 98 valence electrons. The summed E-state index contributed by atoms with van der Waals surface area (Å²) in [7, 11) is 2.14. The molecule has 0 spiro atoms. The molecule has 1 aliphatic rings. The zero-order valence-corrected chi connectivity index (χ0v) is 11.9. The van der Waals surface area contributed by atoms with Crippen LogP contribution >= 0.6 is 11.8 Å². The summed E-state index contributed by atoms with van der Waals surface area (Å²) in [6.45, 7) is 1.04. The minimum absolute atomic E-state index is 0.629. The fourth-order valence-electron chi connectivity index (χ4n) is 2.53. The zero-order chi connectivity index (χ0) is 13.2. The summed E-state index contributed by atoms with van der Waals surface area (Å²) in [5, 5.41) is 0.629. The highest BCUT2D eigenvalue weighted by Crippen LogP contribution is 2.37. The fraction of sp³-hybridized carbons (Fsp3) is 0.250. The molecule has 0 aliphatic carbocycles. The van der Waals surface area contributed by atoms with Gasteiger partial charge in [0.15, 0.2) is 0 Å². The second-order valence-corrected chi connectivity index (χ2v) is 6.37. The third kappa shape index (κ3) is 2.71. The lowest BCUT2D eigenvalue weighted by molar-refractivity contribution is 0.814. The Morgan fingerprint density at radius 1 is 1.21 bits per heavy atom. The maximum absolute atomic E-state index is 5.84. The Morgan fingerprint density at radius 3 is 2.84 bits per heavy atom. The predicted octanol–water partition coefficient (Wildman–Crippen LogP) is 3.42. The summed E-state index contributed by atoms with van der Waals surface area (Å²) >= 11 is 1.99. The highest BCUT2D eigenvalue weighted by Gasteiger charge is 2.22. The molecule has 0 fully saturated rings. The predicted molar refractivity (Wildman–Crippen MR) is 83.9 cm³/mol. The molecule has 1 atom stereocenters. The summed E-state index contributed by atoms with van der Waals surface area (Å²) in [6.07, 6.45) is 1.16. The van der Waals surface area contributed by atoms with Crippen LogP contribution in [0.15, 0.2) is 53.4 Å². The van der Waals surface area contributed by atoms with Gasteiger partial charge in [0.2, 0.25) is 0 Å². The summed E-state index contributed by atoms with van der Waals surface area (Å²) in [5.74, 6) is 0. The van der Waals surface area contributed by atoms with Crippen molar-refractivity contribution in [2.24, 2.45) is 0 Å². The molecule has 2 N–H and O–H groups in total. The minimum Gasteiger partial charge on any atom is -0.399 e. The van der Waals surface area contributed by atoms with Crippen molar-refractivity contribution in [3.05, 3.63) is 54.1 Å². The molecule has 3 heteroatoms. The quantitative estimate of drug-likeness (QED) is 0.867. The van der Waals surface area contributed by atoms with E-state index in [4.69, 9.17) is 5.73 Å². The molecule has 1 aliphatic heterocycles. The summed E-state index contributed by atoms with van der Waals surface area (Å²) in [5.41, 5.74) is 9.34. The van der Waals surface area contributed by atoms with Crippen molar-refractivity contribution in [2.45, 2.75) is 16.6 Å². The Balaban J connectivity index is 1.67. The van der Waals surface area contributed by atoms with Crippen molar-refractivity contribution in [3.63, 3.8) is 0 Å². The number of hydrogen-bond acceptors (Lipinski definition) is 3. The van der Waals surface area contributed by atoms with Gasteiger partial charge >= 0.3 is 0 Å². The van der Waals surface area contributed by atoms with E-state index in [0.29, 0.717) is 5.25 Å². The van der Waals surface area contributed by atoms with Crippen LogP contribution in [0.3, 0.4) is 0 Å². The molecule has 2 nitrogen and oxygen atoms in total. The van der Waals surface area contributed by atoms with Crippen LogP contribution < -0.4 is 10.6 Å². The van der Waals surface area contributed by atoms with Gasteiger partial charge in [-0.1, -0.05) is 24.3 Å². The third-order valence-electron chi connectivity index (χ3n) is 3.50. The number of rotatable bonds is 3. The molecule has 0 saturated carbocycles. The first-order chi connectivity index (χ1) is 9.22. The van der Waals surface area contributed by atoms with Gasteiger partial charge in [-0.3, -0.25) is 0 Å². The second kappa shape index (κ2) is 5.17. The van der Waals surface area contributed by atoms with E-state index >= 15 is 0 Å². The Kier molecular flexibility index (Phi) is 3.38. The van der Waals surface area contributed by atoms with Crippen LogP contribution in [0.1, 0.15) is 5.56 Å². The molecule has 0 bridgehead atoms. The summed E-state index contributed by atoms with van der Waals surface area (Å²) in [4.78, 5) is 3.73. The van der Waals surface area contributed by atoms with Gasteiger partial charge in [0.1, 0.15) is 0 Å². The number of nitrogens with two attached hydrogens (primary N) is 1. The standard InChI is InChI=1S/C16H18N2S/c1-18(14-7-4-6-13(17)10-14)11-15-9-12-5-2-3-8-16(12)19-15/h2-8,10,15H,9,11,17H2,1H3. The SMILES string of the molecule is CN(CC1Cc2ccccc2S1)c1cccc(N)c1. The average Bonchev–Trinajstić information content (AvgIpc) is 2.80. The highest BCUT2D eigenvalue weighted by atomic mass is 32.2. The monoisotopic (exact) mass is 270 g/mol. The number of nitrogens with zero attached hydrogens (tertiary/aromatic N) is 1. The Labute approximate surface area is 118 Å². The van der Waals surface area contributed by atoms with Crippen LogP contribution in [0.4, 0.5) is 11.4 Å². The number of anilines is 2. The first-order valence-electron chi connectivity index (χ1n) is 6.53. The van der Waals surface area contributed by atoms with E-state index in [1.165, 1.54) is 16.1 Å². The molecule has 0 amide bonds. The van der Waals surface area contributed by atoms with Gasteiger partial charge in [0.05, 0.1) is 0 Å². The molecule has 1 heterocycles. The molecule has 0 saturated heterocycles. The number of fused-ring (bicyclic) bond motifs is 1. The molecule has 0 radical (unpaired) electrons. The van der Waals surface area contributed by atoms with Crippen LogP contribution in [-0.2, 0) is 6.42 Å². The maximum atomic E-state index is 5.84. The molecule has 3 rings (SSSR count). The lowest BCUT2D eigenvalue weighted by atomic mass is 10.1. The van der Waals surface area contributed by atoms with E-state index in [0.717, 1.165) is 18.7 Å². The lowest BCUT2D eigenvalue weighted by Crippen LogP contribution is -2.26. The molecular weight excluding hydrogens is 252 g/mol. The van der Waals surface area contributed by atoms with Crippen LogP contribution in [0, 0.1) is 0 Å². The van der Waals surface area contributed by atoms with Crippen molar-refractivity contribution < 1.29 is 0 Å². The van der Waals surface area contributed by atoms with E-state index in [2.05, 4.69) is 42.3 Å². The maximum Gasteiger partial charge on any atom is 0.0384 e. The fourth-order valence-corrected chi connectivity index (χ4v) is 3.91. The Bertz CT molecular complexity index is 557. The number of nitrogen functional groups attached to an aromatic ring is 1. The van der Waals surface area contributed by atoms with E-state index in [-0.39, 0.29) is 0 Å². The summed E-state index contributed by atoms with van der Waals surface area (Å²) < 4.78 is 0. The molecule has 19 heavy (non-hydrogen) atoms. The Morgan fingerprint density at radius 2 is 2.05 bits per heavy atom. The normalized spacial score (nSPS) is 17.2. The number of thioether (sulfide) groups is 1. The van der Waals surface area contributed by atoms with Gasteiger partial charge in [0.25, 0.3) is 0 Å². The van der Waals surface area contributed by atoms with Gasteiger partial charge in [-0.15, -0.1) is 11.8 Å². The van der Waals surface area contributed by atoms with Crippen LogP contribution in [0.25, 0.3) is 0 Å². The van der Waals surface area contributed by atoms with Crippen molar-refractivity contribution in [1.82, 2.24) is 0 Å². The van der Waals surface area contributed by atoms with E-state index in [1.54, 1.807) is 0 Å². The Hall–Kier alpha value is -1.61. The molecule has 2 aromatic rings. The molecule has 1 unspecified atom stereocenters. The smallest absolute Gasteiger partial charge is 0.0384 e. The van der Waals surface area contributed by atoms with Crippen LogP contribution in [-0.4, -0.2) is 18.8 Å². The van der Waals surface area contributed by atoms with Crippen molar-refractivity contribution in [1.29, 1.82) is 0 Å². The van der Waals surface area contributed by atoms with Crippen molar-refractivity contribution in [3.8, 4) is 0 Å². The van der Waals surface area contributed by atoms with Crippen LogP contribution in [0.5, 0.6) is 0 Å². The number of benzene rings is 2. The molecular formula is C16H18N2S. The second-order valence-electron chi connectivity index (χ2n) is 5.03. The molecule has 0 aromatic heterocycles. The van der Waals surface area contributed by atoms with Gasteiger partial charge in [-0.25, -0.2) is 0 Å². The van der Waals surface area contributed by atoms with Crippen LogP contribution in [0.2, 0.25) is 0 Å². The lowest BCUT2D eigenvalue weighted by Gasteiger charge is -2.22. The third-order valence-corrected chi connectivity index (χ3v) is 4.80.